The topological polar surface area (TPSA) is 29.4 Å². The summed E-state index contributed by atoms with van der Waals surface area (Å²) in [6.45, 7) is 2.74. The first-order chi connectivity index (χ1) is 10.8. The van der Waals surface area contributed by atoms with Crippen LogP contribution in [0.5, 0.6) is 0 Å². The van der Waals surface area contributed by atoms with Crippen LogP contribution in [0, 0.1) is 6.92 Å². The molecular formula is C10H10B2Br5NOPS3. The van der Waals surface area contributed by atoms with Crippen LogP contribution in [0.3, 0.4) is 0 Å². The molecule has 0 aliphatic carbocycles. The molecule has 0 aliphatic heterocycles. The maximum atomic E-state index is 8.77. The molecular weight excluding hydrogens is 698 g/mol. The van der Waals surface area contributed by atoms with Gasteiger partial charge in [0.1, 0.15) is 0 Å². The fourth-order valence-electron chi connectivity index (χ4n) is 0.888. The van der Waals surface area contributed by atoms with Crippen molar-refractivity contribution in [3.05, 3.63) is 38.4 Å². The van der Waals surface area contributed by atoms with Gasteiger partial charge >= 0.3 is 45.4 Å². The van der Waals surface area contributed by atoms with Gasteiger partial charge in [-0.05, 0) is 93.9 Å². The van der Waals surface area contributed by atoms with E-state index in [1.807, 2.05) is 9.12 Å². The van der Waals surface area contributed by atoms with Crippen molar-refractivity contribution in [1.82, 2.24) is 0 Å². The van der Waals surface area contributed by atoms with Crippen LogP contribution in [0.1, 0.15) is 11.1 Å². The Morgan fingerprint density at radius 2 is 1.61 bits per heavy atom. The van der Waals surface area contributed by atoms with Gasteiger partial charge in [0.05, 0.1) is 15.1 Å². The van der Waals surface area contributed by atoms with Gasteiger partial charge in [-0.15, -0.1) is 22.7 Å². The molecule has 0 N–H and O–H groups in total. The Morgan fingerprint density at radius 1 is 1.22 bits per heavy atom. The summed E-state index contributed by atoms with van der Waals surface area (Å²) in [5, 5.41) is 0.912. The van der Waals surface area contributed by atoms with Crippen molar-refractivity contribution in [2.45, 2.75) is 12.3 Å². The fraction of sp³-hybridized carbons (Fsp3) is 0.200. The van der Waals surface area contributed by atoms with Crippen molar-refractivity contribution in [1.29, 1.82) is 0 Å². The molecule has 2 rings (SSSR count). The van der Waals surface area contributed by atoms with E-state index < -0.39 is 0 Å². The van der Waals surface area contributed by atoms with Crippen LogP contribution >= 0.6 is 124 Å². The van der Waals surface area contributed by atoms with Gasteiger partial charge < -0.3 is 0 Å². The van der Waals surface area contributed by atoms with Crippen LogP contribution in [-0.4, -0.2) is 14.5 Å². The van der Waals surface area contributed by atoms with E-state index in [0.29, 0.717) is 6.87 Å². The van der Waals surface area contributed by atoms with Gasteiger partial charge in [-0.2, -0.15) is 0 Å². The molecule has 2 aromatic rings. The van der Waals surface area contributed by atoms with Gasteiger partial charge in [0.2, 0.25) is 0 Å². The Balaban J connectivity index is 0. The third-order valence-electron chi connectivity index (χ3n) is 1.70. The second-order valence-corrected chi connectivity index (χ2v) is 11.8. The molecule has 23 heavy (non-hydrogen) atoms. The first kappa shape index (κ1) is 27.5. The van der Waals surface area contributed by atoms with E-state index in [1.165, 1.54) is 26.3 Å². The number of hydrogen-bond acceptors (Lipinski definition) is 5. The number of rotatable bonds is 1. The molecule has 125 valence electrons. The molecule has 2 aromatic heterocycles. The molecule has 0 amide bonds. The van der Waals surface area contributed by atoms with Gasteiger partial charge in [-0.1, -0.05) is 15.9 Å². The summed E-state index contributed by atoms with van der Waals surface area (Å²) in [7, 11) is 6.23. The van der Waals surface area contributed by atoms with E-state index in [9.17, 15) is 0 Å². The number of nitrogens with zero attached hydrogens (tertiary/aromatic N) is 1. The van der Waals surface area contributed by atoms with Crippen LogP contribution in [-0.2, 0) is 10.0 Å². The quantitative estimate of drug-likeness (QED) is 0.140. The van der Waals surface area contributed by atoms with E-state index in [1.54, 1.807) is 22.7 Å². The van der Waals surface area contributed by atoms with E-state index in [0.717, 1.165) is 5.33 Å². The normalized spacial score (nSPS) is 8.30. The van der Waals surface area contributed by atoms with Gasteiger partial charge in [0.15, 0.2) is 0 Å². The Hall–Kier alpha value is 2.31. The van der Waals surface area contributed by atoms with Crippen molar-refractivity contribution in [3.8, 4) is 0 Å². The number of aryl methyl sites for hydroxylation is 1. The first-order valence-electron chi connectivity index (χ1n) is 5.38. The summed E-state index contributed by atoms with van der Waals surface area (Å²) < 4.78 is 16.2. The van der Waals surface area contributed by atoms with Crippen molar-refractivity contribution >= 4 is 139 Å². The van der Waals surface area contributed by atoms with Crippen LogP contribution in [0.15, 0.2) is 31.6 Å². The third-order valence-corrected chi connectivity index (χ3v) is 7.41. The zero-order chi connectivity index (χ0) is 18.4. The molecule has 2 heterocycles. The van der Waals surface area contributed by atoms with Gasteiger partial charge in [-0.3, -0.25) is 0 Å². The SMILES string of the molecule is BrCc1cc(Br)sc1Br.Cc1cc(Br)sc1Br.O=BP.[B]=NS. The molecule has 0 saturated carbocycles. The fourth-order valence-corrected chi connectivity index (χ4v) is 7.46. The van der Waals surface area contributed by atoms with Crippen LogP contribution in [0.4, 0.5) is 0 Å². The van der Waals surface area contributed by atoms with E-state index in [-0.39, 0.29) is 0 Å². The van der Waals surface area contributed by atoms with Crippen molar-refractivity contribution in [3.63, 3.8) is 0 Å². The van der Waals surface area contributed by atoms with Gasteiger partial charge in [0, 0.05) is 5.33 Å². The molecule has 0 saturated heterocycles. The van der Waals surface area contributed by atoms with Gasteiger partial charge in [0.25, 0.3) is 0 Å². The van der Waals surface area contributed by atoms with E-state index in [2.05, 4.69) is 123 Å². The predicted molar refractivity (Wildman–Crippen MR) is 130 cm³/mol. The zero-order valence-corrected chi connectivity index (χ0v) is 23.2. The molecule has 0 bridgehead atoms. The van der Waals surface area contributed by atoms with Crippen molar-refractivity contribution in [2.24, 2.45) is 4.30 Å². The molecule has 0 spiro atoms. The molecule has 0 aromatic carbocycles. The average molecular weight is 709 g/mol. The molecule has 0 aliphatic rings. The third kappa shape index (κ3) is 15.1. The summed E-state index contributed by atoms with van der Waals surface area (Å²) >= 11 is 23.6. The maximum absolute atomic E-state index is 8.77. The van der Waals surface area contributed by atoms with Crippen LogP contribution in [0.2, 0.25) is 0 Å². The first-order valence-corrected chi connectivity index (χ1v) is 12.4. The number of alkyl halides is 1. The predicted octanol–water partition coefficient (Wildman–Crippen LogP) is 7.76. The molecule has 1 atom stereocenters. The summed E-state index contributed by atoms with van der Waals surface area (Å²) in [5.41, 5.74) is 2.59. The Morgan fingerprint density at radius 3 is 1.74 bits per heavy atom. The molecule has 13 heteroatoms. The number of thiol groups is 1. The number of thiophene rings is 2. The molecule has 2 nitrogen and oxygen atoms in total. The van der Waals surface area contributed by atoms with Crippen LogP contribution < -0.4 is 0 Å². The zero-order valence-electron chi connectivity index (χ0n) is 11.6. The second-order valence-electron chi connectivity index (χ2n) is 3.24. The summed E-state index contributed by atoms with van der Waals surface area (Å²) in [5.74, 6) is 0. The second kappa shape index (κ2) is 17.7. The van der Waals surface area contributed by atoms with E-state index in [4.69, 9.17) is 4.70 Å². The minimum atomic E-state index is 0.667. The molecule has 1 radical (unpaired) electrons. The molecule has 0 fully saturated rings. The van der Waals surface area contributed by atoms with Crippen LogP contribution in [0.25, 0.3) is 0 Å². The van der Waals surface area contributed by atoms with Gasteiger partial charge in [-0.25, -0.2) is 0 Å². The molecule has 1 unspecified atom stereocenters. The minimum absolute atomic E-state index is 0.667. The standard InChI is InChI=1S/C5H3Br3S.C5H4Br2S.BHNS.BH2OP/c6-2-3-1-4(7)9-5(3)8;1-3-2-4(6)8-5(3)7;1-2-3;2-1-3/h1H,2H2;2H,1H3;3H;3H2. The monoisotopic (exact) mass is 704 g/mol. The summed E-state index contributed by atoms with van der Waals surface area (Å²) in [6, 6.07) is 4.19. The van der Waals surface area contributed by atoms with Crippen molar-refractivity contribution in [2.75, 3.05) is 0 Å². The average Bonchev–Trinajstić information content (AvgIpc) is 2.93. The van der Waals surface area contributed by atoms with Crippen molar-refractivity contribution < 1.29 is 4.70 Å². The Labute approximate surface area is 196 Å². The summed E-state index contributed by atoms with van der Waals surface area (Å²) in [4.78, 5) is 0. The summed E-state index contributed by atoms with van der Waals surface area (Å²) in [6.07, 6.45) is 0. The van der Waals surface area contributed by atoms with E-state index >= 15 is 0 Å². The Kier molecular flexibility index (Phi) is 21.2. The number of halogens is 5. The number of hydrogen-bond donors (Lipinski definition) is 1. The Bertz CT molecular complexity index is 574.